The predicted molar refractivity (Wildman–Crippen MR) is 120 cm³/mol. The molecule has 170 valence electrons. The van der Waals surface area contributed by atoms with Crippen LogP contribution in [0.5, 0.6) is 11.5 Å². The minimum Gasteiger partial charge on any atom is -0.486 e. The van der Waals surface area contributed by atoms with Gasteiger partial charge in [0.1, 0.15) is 19.3 Å². The normalized spacial score (nSPS) is 16.2. The zero-order chi connectivity index (χ0) is 22.6. The summed E-state index contributed by atoms with van der Waals surface area (Å²) in [6, 6.07) is 11.2. The fourth-order valence-corrected chi connectivity index (χ4v) is 4.39. The van der Waals surface area contributed by atoms with E-state index in [-0.39, 0.29) is 17.7 Å². The van der Waals surface area contributed by atoms with E-state index in [2.05, 4.69) is 10.3 Å². The van der Waals surface area contributed by atoms with Gasteiger partial charge in [0.2, 0.25) is 5.91 Å². The van der Waals surface area contributed by atoms with E-state index in [1.807, 2.05) is 0 Å². The number of aromatic nitrogens is 1. The van der Waals surface area contributed by atoms with E-state index < -0.39 is 11.9 Å². The second-order valence-electron chi connectivity index (χ2n) is 8.16. The molecule has 8 heteroatoms. The van der Waals surface area contributed by atoms with Crippen LogP contribution in [-0.2, 0) is 4.79 Å². The van der Waals surface area contributed by atoms with E-state index in [9.17, 15) is 9.59 Å². The molecular formula is C25H25N3O5. The maximum absolute atomic E-state index is 13.7. The van der Waals surface area contributed by atoms with Gasteiger partial charge in [0.15, 0.2) is 17.3 Å². The Labute approximate surface area is 191 Å². The number of carbonyl (C=O) groups excluding carboxylic acids is 2. The standard InChI is InChI=1S/C25H25N3O5/c29-24(27-18-6-1-2-7-18)23(17-5-3-11-26-16-17)28(25(30)21-8-4-12-31-21)19-9-10-20-22(15-19)33-14-13-32-20/h3-5,8-12,15-16,18,23H,1-2,6-7,13-14H2,(H,27,29). The lowest BCUT2D eigenvalue weighted by Gasteiger charge is -2.32. The molecule has 1 N–H and O–H groups in total. The number of ether oxygens (including phenoxy) is 2. The Morgan fingerprint density at radius 3 is 2.58 bits per heavy atom. The maximum atomic E-state index is 13.7. The van der Waals surface area contributed by atoms with Crippen LogP contribution in [0.25, 0.3) is 0 Å². The number of pyridine rings is 1. The molecule has 1 aromatic carbocycles. The second-order valence-corrected chi connectivity index (χ2v) is 8.16. The van der Waals surface area contributed by atoms with Crippen molar-refractivity contribution in [3.63, 3.8) is 0 Å². The molecule has 3 heterocycles. The number of rotatable bonds is 6. The third-order valence-electron chi connectivity index (χ3n) is 5.96. The van der Waals surface area contributed by atoms with Gasteiger partial charge in [-0.1, -0.05) is 18.9 Å². The molecule has 33 heavy (non-hydrogen) atoms. The Morgan fingerprint density at radius 1 is 1.03 bits per heavy atom. The Bertz CT molecular complexity index is 1110. The van der Waals surface area contributed by atoms with Gasteiger partial charge in [0, 0.05) is 35.8 Å². The van der Waals surface area contributed by atoms with Crippen molar-refractivity contribution in [3.8, 4) is 11.5 Å². The first-order valence-corrected chi connectivity index (χ1v) is 11.2. The summed E-state index contributed by atoms with van der Waals surface area (Å²) in [7, 11) is 0. The number of benzene rings is 1. The van der Waals surface area contributed by atoms with Gasteiger partial charge in [-0.05, 0) is 43.2 Å². The largest absolute Gasteiger partial charge is 0.486 e. The van der Waals surface area contributed by atoms with Crippen LogP contribution in [0.1, 0.15) is 47.8 Å². The van der Waals surface area contributed by atoms with Crippen LogP contribution in [0, 0.1) is 0 Å². The van der Waals surface area contributed by atoms with Crippen LogP contribution < -0.4 is 19.7 Å². The van der Waals surface area contributed by atoms with Gasteiger partial charge in [-0.3, -0.25) is 19.5 Å². The maximum Gasteiger partial charge on any atom is 0.294 e. The molecule has 0 radical (unpaired) electrons. The average Bonchev–Trinajstić information content (AvgIpc) is 3.57. The minimum absolute atomic E-state index is 0.0949. The zero-order valence-electron chi connectivity index (χ0n) is 18.1. The predicted octanol–water partition coefficient (Wildman–Crippen LogP) is 3.89. The van der Waals surface area contributed by atoms with Crippen LogP contribution in [-0.4, -0.2) is 36.1 Å². The van der Waals surface area contributed by atoms with Crippen molar-refractivity contribution in [1.29, 1.82) is 0 Å². The highest BCUT2D eigenvalue weighted by atomic mass is 16.6. The molecular weight excluding hydrogens is 422 g/mol. The second kappa shape index (κ2) is 9.36. The molecule has 3 aromatic rings. The Hall–Kier alpha value is -3.81. The summed E-state index contributed by atoms with van der Waals surface area (Å²) in [5, 5.41) is 3.14. The van der Waals surface area contributed by atoms with Gasteiger partial charge in [-0.2, -0.15) is 0 Å². The molecule has 1 aliphatic carbocycles. The molecule has 1 aliphatic heterocycles. The molecule has 0 saturated heterocycles. The third kappa shape index (κ3) is 4.41. The number of hydrogen-bond acceptors (Lipinski definition) is 6. The number of fused-ring (bicyclic) bond motifs is 1. The van der Waals surface area contributed by atoms with Crippen molar-refractivity contribution in [3.05, 3.63) is 72.4 Å². The number of hydrogen-bond donors (Lipinski definition) is 1. The summed E-state index contributed by atoms with van der Waals surface area (Å²) in [6.45, 7) is 0.875. The highest BCUT2D eigenvalue weighted by Crippen LogP contribution is 2.38. The van der Waals surface area contributed by atoms with Crippen molar-refractivity contribution in [2.45, 2.75) is 37.8 Å². The average molecular weight is 447 g/mol. The summed E-state index contributed by atoms with van der Waals surface area (Å²) in [5.41, 5.74) is 1.10. The molecule has 1 atom stereocenters. The summed E-state index contributed by atoms with van der Waals surface area (Å²) >= 11 is 0. The first kappa shape index (κ1) is 21.1. The summed E-state index contributed by atoms with van der Waals surface area (Å²) in [4.78, 5) is 33.0. The van der Waals surface area contributed by atoms with Crippen molar-refractivity contribution >= 4 is 17.5 Å². The Morgan fingerprint density at radius 2 is 1.85 bits per heavy atom. The lowest BCUT2D eigenvalue weighted by molar-refractivity contribution is -0.123. The number of amides is 2. The number of anilines is 1. The minimum atomic E-state index is -0.945. The number of furan rings is 1. The topological polar surface area (TPSA) is 93.9 Å². The highest BCUT2D eigenvalue weighted by molar-refractivity contribution is 6.08. The number of nitrogens with zero attached hydrogens (tertiary/aromatic N) is 2. The molecule has 0 spiro atoms. The fraction of sp³-hybridized carbons (Fsp3) is 0.320. The van der Waals surface area contributed by atoms with Crippen molar-refractivity contribution in [2.75, 3.05) is 18.1 Å². The van der Waals surface area contributed by atoms with Crippen LogP contribution in [0.3, 0.4) is 0 Å². The molecule has 1 unspecified atom stereocenters. The summed E-state index contributed by atoms with van der Waals surface area (Å²) < 4.78 is 16.8. The molecule has 1 saturated carbocycles. The smallest absolute Gasteiger partial charge is 0.294 e. The van der Waals surface area contributed by atoms with Crippen molar-refractivity contribution < 1.29 is 23.5 Å². The van der Waals surface area contributed by atoms with Gasteiger partial charge in [0.05, 0.1) is 6.26 Å². The van der Waals surface area contributed by atoms with E-state index in [1.165, 1.54) is 11.2 Å². The van der Waals surface area contributed by atoms with E-state index >= 15 is 0 Å². The van der Waals surface area contributed by atoms with E-state index in [0.29, 0.717) is 36.0 Å². The highest BCUT2D eigenvalue weighted by Gasteiger charge is 2.36. The van der Waals surface area contributed by atoms with Crippen LogP contribution in [0.4, 0.5) is 5.69 Å². The fourth-order valence-electron chi connectivity index (χ4n) is 4.39. The van der Waals surface area contributed by atoms with Gasteiger partial charge < -0.3 is 19.2 Å². The van der Waals surface area contributed by atoms with Crippen molar-refractivity contribution in [2.24, 2.45) is 0 Å². The van der Waals surface area contributed by atoms with Gasteiger partial charge in [0.25, 0.3) is 5.91 Å². The monoisotopic (exact) mass is 447 g/mol. The van der Waals surface area contributed by atoms with Gasteiger partial charge in [-0.25, -0.2) is 0 Å². The zero-order valence-corrected chi connectivity index (χ0v) is 18.1. The number of carbonyl (C=O) groups is 2. The molecule has 0 bridgehead atoms. The molecule has 8 nitrogen and oxygen atoms in total. The lowest BCUT2D eigenvalue weighted by Crippen LogP contribution is -2.46. The van der Waals surface area contributed by atoms with Crippen molar-refractivity contribution in [1.82, 2.24) is 10.3 Å². The molecule has 2 aromatic heterocycles. The van der Waals surface area contributed by atoms with Gasteiger partial charge >= 0.3 is 0 Å². The Balaban J connectivity index is 1.59. The van der Waals surface area contributed by atoms with Crippen LogP contribution in [0.15, 0.2) is 65.5 Å². The molecule has 2 aliphatic rings. The quantitative estimate of drug-likeness (QED) is 0.616. The first-order valence-electron chi connectivity index (χ1n) is 11.2. The molecule has 1 fully saturated rings. The lowest BCUT2D eigenvalue weighted by atomic mass is 10.0. The van der Waals surface area contributed by atoms with E-state index in [0.717, 1.165) is 25.7 Å². The summed E-state index contributed by atoms with van der Waals surface area (Å²) in [6.07, 6.45) is 8.72. The van der Waals surface area contributed by atoms with E-state index in [1.54, 1.807) is 54.9 Å². The molecule has 2 amide bonds. The third-order valence-corrected chi connectivity index (χ3v) is 5.96. The molecule has 5 rings (SSSR count). The van der Waals surface area contributed by atoms with E-state index in [4.69, 9.17) is 13.9 Å². The Kier molecular flexibility index (Phi) is 5.97. The van der Waals surface area contributed by atoms with Crippen LogP contribution in [0.2, 0.25) is 0 Å². The number of nitrogens with one attached hydrogen (secondary N) is 1. The SMILES string of the molecule is O=C(NC1CCCC1)C(c1cccnc1)N(C(=O)c1ccco1)c1ccc2c(c1)OCCO2. The summed E-state index contributed by atoms with van der Waals surface area (Å²) in [5.74, 6) is 0.560. The van der Waals surface area contributed by atoms with Gasteiger partial charge in [-0.15, -0.1) is 0 Å². The van der Waals surface area contributed by atoms with Crippen LogP contribution >= 0.6 is 0 Å². The first-order chi connectivity index (χ1) is 16.2.